The zero-order chi connectivity index (χ0) is 16.4. The van der Waals surface area contributed by atoms with Crippen LogP contribution in [0, 0.1) is 0 Å². The van der Waals surface area contributed by atoms with Crippen LogP contribution < -0.4 is 10.1 Å². The number of fused-ring (bicyclic) bond motifs is 2. The highest BCUT2D eigenvalue weighted by molar-refractivity contribution is 5.92. The third-order valence-electron chi connectivity index (χ3n) is 4.12. The third-order valence-corrected chi connectivity index (χ3v) is 4.12. The van der Waals surface area contributed by atoms with Gasteiger partial charge in [-0.25, -0.2) is 4.79 Å². The molecule has 0 aliphatic carbocycles. The maximum absolute atomic E-state index is 12.2. The average Bonchev–Trinajstić information content (AvgIpc) is 2.70. The van der Waals surface area contributed by atoms with Gasteiger partial charge in [-0.15, -0.1) is 0 Å². The maximum Gasteiger partial charge on any atom is 0.338 e. The first-order valence-electron chi connectivity index (χ1n) is 7.41. The van der Waals surface area contributed by atoms with Gasteiger partial charge in [-0.3, -0.25) is 0 Å². The molecule has 1 aliphatic rings. The van der Waals surface area contributed by atoms with Crippen molar-refractivity contribution in [2.75, 3.05) is 20.7 Å². The molecule has 2 aromatic carbocycles. The summed E-state index contributed by atoms with van der Waals surface area (Å²) in [6.07, 6.45) is 0. The predicted octanol–water partition coefficient (Wildman–Crippen LogP) is 1.82. The van der Waals surface area contributed by atoms with E-state index in [1.165, 1.54) is 7.11 Å². The first-order valence-corrected chi connectivity index (χ1v) is 7.41. The number of para-hydroxylation sites is 1. The quantitative estimate of drug-likeness (QED) is 0.846. The molecule has 1 unspecified atom stereocenters. The summed E-state index contributed by atoms with van der Waals surface area (Å²) >= 11 is 0. The molecule has 5 heteroatoms. The fraction of sp³-hybridized carbons (Fsp3) is 0.278. The SMILES string of the molecule is CNCC1(O)c2ccccc2OCc2cccc(C(=O)OC)c21. The van der Waals surface area contributed by atoms with Gasteiger partial charge < -0.3 is 19.9 Å². The van der Waals surface area contributed by atoms with Gasteiger partial charge in [0.1, 0.15) is 18.0 Å². The second kappa shape index (κ2) is 6.02. The molecule has 23 heavy (non-hydrogen) atoms. The highest BCUT2D eigenvalue weighted by Gasteiger charge is 2.40. The van der Waals surface area contributed by atoms with Crippen molar-refractivity contribution in [3.63, 3.8) is 0 Å². The topological polar surface area (TPSA) is 67.8 Å². The monoisotopic (exact) mass is 313 g/mol. The number of methoxy groups -OCH3 is 1. The number of hydrogen-bond acceptors (Lipinski definition) is 5. The van der Waals surface area contributed by atoms with Crippen molar-refractivity contribution in [1.29, 1.82) is 0 Å². The van der Waals surface area contributed by atoms with E-state index in [-0.39, 0.29) is 13.2 Å². The van der Waals surface area contributed by atoms with Gasteiger partial charge in [0.15, 0.2) is 0 Å². The number of hydrogen-bond donors (Lipinski definition) is 2. The van der Waals surface area contributed by atoms with E-state index in [4.69, 9.17) is 9.47 Å². The van der Waals surface area contributed by atoms with Gasteiger partial charge in [0.05, 0.1) is 12.7 Å². The van der Waals surface area contributed by atoms with Crippen LogP contribution in [0.3, 0.4) is 0 Å². The molecule has 2 N–H and O–H groups in total. The van der Waals surface area contributed by atoms with Crippen LogP contribution in [0.15, 0.2) is 42.5 Å². The molecule has 0 radical (unpaired) electrons. The molecule has 3 rings (SSSR count). The Balaban J connectivity index is 2.32. The number of rotatable bonds is 3. The fourth-order valence-corrected chi connectivity index (χ4v) is 3.15. The highest BCUT2D eigenvalue weighted by Crippen LogP contribution is 2.41. The van der Waals surface area contributed by atoms with Crippen LogP contribution in [0.25, 0.3) is 0 Å². The van der Waals surface area contributed by atoms with E-state index >= 15 is 0 Å². The Kier molecular flexibility index (Phi) is 4.07. The molecule has 0 saturated carbocycles. The summed E-state index contributed by atoms with van der Waals surface area (Å²) in [4.78, 5) is 12.2. The fourth-order valence-electron chi connectivity index (χ4n) is 3.15. The van der Waals surface area contributed by atoms with Crippen molar-refractivity contribution in [2.45, 2.75) is 12.2 Å². The minimum absolute atomic E-state index is 0.244. The lowest BCUT2D eigenvalue weighted by Crippen LogP contribution is -2.39. The molecule has 5 nitrogen and oxygen atoms in total. The van der Waals surface area contributed by atoms with Crippen molar-refractivity contribution in [3.8, 4) is 5.75 Å². The smallest absolute Gasteiger partial charge is 0.338 e. The Morgan fingerprint density at radius 1 is 1.30 bits per heavy atom. The molecule has 2 aromatic rings. The minimum atomic E-state index is -1.39. The Morgan fingerprint density at radius 2 is 2.09 bits per heavy atom. The van der Waals surface area contributed by atoms with E-state index in [0.717, 1.165) is 5.56 Å². The largest absolute Gasteiger partial charge is 0.488 e. The number of carbonyl (C=O) groups excluding carboxylic acids is 1. The minimum Gasteiger partial charge on any atom is -0.488 e. The van der Waals surface area contributed by atoms with Gasteiger partial charge in [-0.05, 0) is 24.7 Å². The molecule has 120 valence electrons. The number of ether oxygens (including phenoxy) is 2. The first kappa shape index (κ1) is 15.5. The maximum atomic E-state index is 12.2. The Bertz CT molecular complexity index is 744. The van der Waals surface area contributed by atoms with Crippen molar-refractivity contribution < 1.29 is 19.4 Å². The lowest BCUT2D eigenvalue weighted by atomic mass is 9.81. The van der Waals surface area contributed by atoms with Crippen LogP contribution >= 0.6 is 0 Å². The molecule has 0 saturated heterocycles. The number of carbonyl (C=O) groups is 1. The van der Waals surface area contributed by atoms with Crippen LogP contribution in [0.2, 0.25) is 0 Å². The summed E-state index contributed by atoms with van der Waals surface area (Å²) in [5.74, 6) is 0.132. The summed E-state index contributed by atoms with van der Waals surface area (Å²) < 4.78 is 10.7. The van der Waals surface area contributed by atoms with Crippen molar-refractivity contribution >= 4 is 5.97 Å². The highest BCUT2D eigenvalue weighted by atomic mass is 16.5. The van der Waals surface area contributed by atoms with E-state index < -0.39 is 11.6 Å². The molecular weight excluding hydrogens is 294 g/mol. The molecule has 0 fully saturated rings. The van der Waals surface area contributed by atoms with Crippen LogP contribution in [0.4, 0.5) is 0 Å². The summed E-state index contributed by atoms with van der Waals surface area (Å²) in [7, 11) is 3.09. The second-order valence-electron chi connectivity index (χ2n) is 5.51. The van der Waals surface area contributed by atoms with Gasteiger partial charge in [0.2, 0.25) is 0 Å². The normalized spacial score (nSPS) is 19.1. The molecule has 0 spiro atoms. The van der Waals surface area contributed by atoms with Crippen molar-refractivity contribution in [1.82, 2.24) is 5.32 Å². The number of esters is 1. The number of nitrogens with one attached hydrogen (secondary N) is 1. The van der Waals surface area contributed by atoms with Gasteiger partial charge in [0.25, 0.3) is 0 Å². The van der Waals surface area contributed by atoms with E-state index in [0.29, 0.717) is 22.4 Å². The summed E-state index contributed by atoms with van der Waals surface area (Å²) in [5, 5.41) is 14.5. The van der Waals surface area contributed by atoms with Crippen molar-refractivity contribution in [2.24, 2.45) is 0 Å². The van der Waals surface area contributed by atoms with Crippen molar-refractivity contribution in [3.05, 3.63) is 64.7 Å². The third kappa shape index (κ3) is 2.48. The van der Waals surface area contributed by atoms with Gasteiger partial charge >= 0.3 is 5.97 Å². The van der Waals surface area contributed by atoms with Gasteiger partial charge in [-0.2, -0.15) is 0 Å². The molecule has 1 heterocycles. The van der Waals surface area contributed by atoms with Gasteiger partial charge in [-0.1, -0.05) is 30.3 Å². The molecular formula is C18H19NO4. The summed E-state index contributed by atoms with van der Waals surface area (Å²) in [6.45, 7) is 0.525. The van der Waals surface area contributed by atoms with Gasteiger partial charge in [0, 0.05) is 17.7 Å². The zero-order valence-electron chi connectivity index (χ0n) is 13.1. The molecule has 0 amide bonds. The Labute approximate surface area is 134 Å². The second-order valence-corrected chi connectivity index (χ2v) is 5.51. The number of benzene rings is 2. The van der Waals surface area contributed by atoms with E-state index in [1.807, 2.05) is 30.3 Å². The lowest BCUT2D eigenvalue weighted by Gasteiger charge is -2.31. The number of likely N-dealkylation sites (N-methyl/N-ethyl adjacent to an activating group) is 1. The average molecular weight is 313 g/mol. The van der Waals surface area contributed by atoms with Crippen LogP contribution in [0.1, 0.15) is 27.0 Å². The Hall–Kier alpha value is -2.37. The molecule has 1 aliphatic heterocycles. The van der Waals surface area contributed by atoms with E-state index in [2.05, 4.69) is 5.32 Å². The first-order chi connectivity index (χ1) is 11.1. The Morgan fingerprint density at radius 3 is 2.83 bits per heavy atom. The summed E-state index contributed by atoms with van der Waals surface area (Å²) in [5.41, 5.74) is 0.891. The van der Waals surface area contributed by atoms with Crippen LogP contribution in [-0.4, -0.2) is 31.8 Å². The standard InChI is InChI=1S/C18H19NO4/c1-19-11-18(21)14-8-3-4-9-15(14)23-10-12-6-5-7-13(16(12)18)17(20)22-2/h3-9,19,21H,10-11H2,1-2H3. The lowest BCUT2D eigenvalue weighted by molar-refractivity contribution is 0.0561. The van der Waals surface area contributed by atoms with E-state index in [1.54, 1.807) is 19.2 Å². The molecule has 1 atom stereocenters. The molecule has 0 bridgehead atoms. The molecule has 0 aromatic heterocycles. The zero-order valence-corrected chi connectivity index (χ0v) is 13.1. The van der Waals surface area contributed by atoms with Crippen LogP contribution in [-0.2, 0) is 16.9 Å². The summed E-state index contributed by atoms with van der Waals surface area (Å²) in [6, 6.07) is 12.6. The predicted molar refractivity (Wildman–Crippen MR) is 85.5 cm³/mol. The van der Waals surface area contributed by atoms with E-state index in [9.17, 15) is 9.90 Å². The van der Waals surface area contributed by atoms with Crippen LogP contribution in [0.5, 0.6) is 5.75 Å². The number of aliphatic hydroxyl groups is 1.